The summed E-state index contributed by atoms with van der Waals surface area (Å²) in [7, 11) is -0.658. The fourth-order valence-corrected chi connectivity index (χ4v) is 6.35. The van der Waals surface area contributed by atoms with Crippen molar-refractivity contribution in [1.29, 1.82) is 0 Å². The lowest BCUT2D eigenvalue weighted by Gasteiger charge is -2.34. The first-order valence-electron chi connectivity index (χ1n) is 9.78. The molecule has 1 N–H and O–H groups in total. The number of nitrogens with one attached hydrogen (secondary N) is 1. The summed E-state index contributed by atoms with van der Waals surface area (Å²) in [4.78, 5) is 6.57. The lowest BCUT2D eigenvalue weighted by Crippen LogP contribution is -2.35. The smallest absolute Gasteiger partial charge is 0.269 e. The molecule has 0 spiro atoms. The maximum Gasteiger partial charge on any atom is 0.269 e. The van der Waals surface area contributed by atoms with Gasteiger partial charge in [-0.1, -0.05) is 41.9 Å². The van der Waals surface area contributed by atoms with Crippen LogP contribution in [0.15, 0.2) is 52.9 Å². The van der Waals surface area contributed by atoms with E-state index in [9.17, 15) is 8.42 Å². The molecule has 2 heterocycles. The van der Waals surface area contributed by atoms with Gasteiger partial charge in [-0.2, -0.15) is 0 Å². The Kier molecular flexibility index (Phi) is 6.39. The molecule has 6 nitrogen and oxygen atoms in total. The third kappa shape index (κ3) is 4.19. The van der Waals surface area contributed by atoms with Gasteiger partial charge in [0.2, 0.25) is 0 Å². The van der Waals surface area contributed by atoms with Crippen LogP contribution in [0.4, 0.5) is 19.6 Å². The van der Waals surface area contributed by atoms with E-state index in [-0.39, 0.29) is 22.9 Å². The topological polar surface area (TPSA) is 65.5 Å². The first kappa shape index (κ1) is 22.9. The summed E-state index contributed by atoms with van der Waals surface area (Å²) in [6.07, 6.45) is 2.13. The predicted octanol–water partition coefficient (Wildman–Crippen LogP) is 4.76. The number of benzene rings is 2. The van der Waals surface area contributed by atoms with Gasteiger partial charge in [0.15, 0.2) is 15.8 Å². The van der Waals surface area contributed by atoms with Crippen molar-refractivity contribution in [2.45, 2.75) is 23.4 Å². The van der Waals surface area contributed by atoms with E-state index in [1.54, 1.807) is 5.38 Å². The minimum Gasteiger partial charge on any atom is -0.361 e. The molecular formula is C21H21ClF2N4O2S2. The van der Waals surface area contributed by atoms with Crippen LogP contribution >= 0.6 is 22.9 Å². The maximum absolute atomic E-state index is 15.2. The predicted molar refractivity (Wildman–Crippen MR) is 123 cm³/mol. The average molecular weight is 499 g/mol. The Morgan fingerprint density at radius 1 is 1.25 bits per heavy atom. The van der Waals surface area contributed by atoms with Gasteiger partial charge in [-0.3, -0.25) is 4.72 Å². The molecule has 170 valence electrons. The van der Waals surface area contributed by atoms with Crippen LogP contribution in [0.1, 0.15) is 18.0 Å². The van der Waals surface area contributed by atoms with E-state index in [0.29, 0.717) is 6.54 Å². The van der Waals surface area contributed by atoms with Crippen molar-refractivity contribution in [3.63, 3.8) is 0 Å². The van der Waals surface area contributed by atoms with Gasteiger partial charge in [0.1, 0.15) is 10.8 Å². The highest BCUT2D eigenvalue weighted by molar-refractivity contribution is 7.93. The molecule has 4 rings (SSSR count). The summed E-state index contributed by atoms with van der Waals surface area (Å²) in [5.74, 6) is -2.54. The number of hydrogen-bond acceptors (Lipinski definition) is 6. The summed E-state index contributed by atoms with van der Waals surface area (Å²) in [5, 5.41) is 1.10. The minimum atomic E-state index is -4.56. The molecule has 2 aromatic carbocycles. The molecule has 0 bridgehead atoms. The lowest BCUT2D eigenvalue weighted by molar-refractivity contribution is 0.277. The Labute approximate surface area is 194 Å². The number of likely N-dealkylation sites (N-methyl/N-ethyl adjacent to an activating group) is 1. The van der Waals surface area contributed by atoms with Crippen molar-refractivity contribution >= 4 is 43.8 Å². The second-order valence-corrected chi connectivity index (χ2v) is 10.5. The van der Waals surface area contributed by atoms with Crippen LogP contribution in [0.3, 0.4) is 0 Å². The number of sulfonamides is 1. The van der Waals surface area contributed by atoms with Gasteiger partial charge in [0.05, 0.1) is 11.7 Å². The van der Waals surface area contributed by atoms with E-state index in [4.69, 9.17) is 11.6 Å². The largest absolute Gasteiger partial charge is 0.361 e. The van der Waals surface area contributed by atoms with Gasteiger partial charge in [0, 0.05) is 30.2 Å². The number of aromatic nitrogens is 1. The van der Waals surface area contributed by atoms with Gasteiger partial charge >= 0.3 is 0 Å². The second kappa shape index (κ2) is 8.93. The van der Waals surface area contributed by atoms with Crippen molar-refractivity contribution < 1.29 is 17.2 Å². The summed E-state index contributed by atoms with van der Waals surface area (Å²) >= 11 is 7.31. The van der Waals surface area contributed by atoms with Crippen molar-refractivity contribution in [1.82, 2.24) is 9.88 Å². The molecule has 0 amide bonds. The van der Waals surface area contributed by atoms with Crippen molar-refractivity contribution in [2.24, 2.45) is 0 Å². The average Bonchev–Trinajstić information content (AvgIpc) is 3.40. The molecule has 1 saturated heterocycles. The molecule has 2 atom stereocenters. The number of nitrogens with zero attached hydrogens (tertiary/aromatic N) is 3. The van der Waals surface area contributed by atoms with Crippen LogP contribution in [0, 0.1) is 11.6 Å². The van der Waals surface area contributed by atoms with Gasteiger partial charge in [0.25, 0.3) is 10.0 Å². The first-order chi connectivity index (χ1) is 15.2. The SMILES string of the molecule is CN(C)[C@@H]1CCN(c2cc(F)c(S(=O)(=O)Nc3nccs3)c(F)c2Cl)[C@@H]1c1ccccc1. The van der Waals surface area contributed by atoms with Crippen molar-refractivity contribution in [2.75, 3.05) is 30.3 Å². The molecule has 11 heteroatoms. The highest BCUT2D eigenvalue weighted by atomic mass is 35.5. The molecule has 32 heavy (non-hydrogen) atoms. The zero-order valence-electron chi connectivity index (χ0n) is 17.3. The molecule has 0 radical (unpaired) electrons. The van der Waals surface area contributed by atoms with E-state index in [2.05, 4.69) is 14.6 Å². The Morgan fingerprint density at radius 3 is 2.59 bits per heavy atom. The molecule has 0 saturated carbocycles. The van der Waals surface area contributed by atoms with Gasteiger partial charge in [-0.05, 0) is 26.1 Å². The Bertz CT molecular complexity index is 1210. The summed E-state index contributed by atoms with van der Waals surface area (Å²) < 4.78 is 57.7. The van der Waals surface area contributed by atoms with Crippen molar-refractivity contribution in [3.8, 4) is 0 Å². The lowest BCUT2D eigenvalue weighted by atomic mass is 9.99. The molecule has 3 aromatic rings. The van der Waals surface area contributed by atoms with Gasteiger partial charge in [-0.15, -0.1) is 11.3 Å². The molecular weight excluding hydrogens is 478 g/mol. The van der Waals surface area contributed by atoms with Crippen molar-refractivity contribution in [3.05, 3.63) is 70.2 Å². The number of anilines is 2. The van der Waals surface area contributed by atoms with E-state index in [1.807, 2.05) is 49.3 Å². The molecule has 0 unspecified atom stereocenters. The fourth-order valence-electron chi connectivity index (χ4n) is 4.10. The molecule has 1 fully saturated rings. The number of thiazole rings is 1. The van der Waals surface area contributed by atoms with Crippen LogP contribution in [0.25, 0.3) is 0 Å². The first-order valence-corrected chi connectivity index (χ1v) is 12.5. The number of rotatable bonds is 6. The standard InChI is InChI=1S/C21H21ClF2N4O2S2/c1-27(2)15-8-10-28(19(15)13-6-4-3-5-7-13)16-12-14(23)20(18(24)17(16)22)32(29,30)26-21-25-9-11-31-21/h3-7,9,11-12,15,19H,8,10H2,1-2H3,(H,25,26)/t15-,19-/m1/s1. The van der Waals surface area contributed by atoms with Crippen LogP contribution in [-0.4, -0.2) is 45.0 Å². The fraction of sp³-hybridized carbons (Fsp3) is 0.286. The molecule has 1 aliphatic rings. The van der Waals surface area contributed by atoms with Gasteiger partial charge in [-0.25, -0.2) is 22.2 Å². The zero-order valence-corrected chi connectivity index (χ0v) is 19.7. The van der Waals surface area contributed by atoms with Crippen LogP contribution in [-0.2, 0) is 10.0 Å². The normalized spacial score (nSPS) is 19.0. The molecule has 1 aromatic heterocycles. The number of hydrogen-bond donors (Lipinski definition) is 1. The Morgan fingerprint density at radius 2 is 1.97 bits per heavy atom. The number of halogens is 3. The van der Waals surface area contributed by atoms with Crippen LogP contribution in [0.2, 0.25) is 5.02 Å². The molecule has 0 aliphatic carbocycles. The maximum atomic E-state index is 15.2. The Hall–Kier alpha value is -2.27. The summed E-state index contributed by atoms with van der Waals surface area (Å²) in [6.45, 7) is 0.504. The highest BCUT2D eigenvalue weighted by Gasteiger charge is 2.39. The van der Waals surface area contributed by atoms with E-state index in [0.717, 1.165) is 29.4 Å². The third-order valence-electron chi connectivity index (χ3n) is 5.50. The quantitative estimate of drug-likeness (QED) is 0.496. The second-order valence-electron chi connectivity index (χ2n) is 7.65. The van der Waals surface area contributed by atoms with E-state index in [1.165, 1.54) is 6.20 Å². The highest BCUT2D eigenvalue weighted by Crippen LogP contribution is 2.43. The summed E-state index contributed by atoms with van der Waals surface area (Å²) in [6, 6.07) is 10.5. The Balaban J connectivity index is 1.78. The third-order valence-corrected chi connectivity index (χ3v) is 8.05. The van der Waals surface area contributed by atoms with E-state index >= 15 is 8.78 Å². The zero-order chi connectivity index (χ0) is 23.0. The van der Waals surface area contributed by atoms with Crippen LogP contribution in [0.5, 0.6) is 0 Å². The molecule has 1 aliphatic heterocycles. The monoisotopic (exact) mass is 498 g/mol. The minimum absolute atomic E-state index is 0.00140. The van der Waals surface area contributed by atoms with Gasteiger partial charge < -0.3 is 9.80 Å². The summed E-state index contributed by atoms with van der Waals surface area (Å²) in [5.41, 5.74) is 1.09. The van der Waals surface area contributed by atoms with Crippen LogP contribution < -0.4 is 9.62 Å². The van der Waals surface area contributed by atoms with E-state index < -0.39 is 31.6 Å².